The first kappa shape index (κ1) is 14.0. The zero-order chi connectivity index (χ0) is 14.7. The quantitative estimate of drug-likeness (QED) is 0.684. The number of amides is 1. The number of carbonyl (C=O) groups excluding carboxylic acids is 2. The number of ketones is 1. The molecule has 0 atom stereocenters. The van der Waals surface area contributed by atoms with Crippen LogP contribution in [0.25, 0.3) is 0 Å². The molecule has 0 saturated heterocycles. The van der Waals surface area contributed by atoms with Crippen LogP contribution in [0.15, 0.2) is 42.5 Å². The number of benzene rings is 2. The highest BCUT2D eigenvalue weighted by Gasteiger charge is 2.17. The number of Topliss-reactive ketones (excluding diaryl/α,β-unsaturated/α-hetero) is 1. The summed E-state index contributed by atoms with van der Waals surface area (Å²) in [6, 6.07) is 12.7. The van der Waals surface area contributed by atoms with E-state index >= 15 is 0 Å². The van der Waals surface area contributed by atoms with Gasteiger partial charge in [-0.2, -0.15) is 0 Å². The Hall–Kier alpha value is -2.42. The van der Waals surface area contributed by atoms with Gasteiger partial charge in [0, 0.05) is 11.3 Å². The Morgan fingerprint density at radius 1 is 0.850 bits per heavy atom. The van der Waals surface area contributed by atoms with Gasteiger partial charge in [0.05, 0.1) is 0 Å². The molecule has 102 valence electrons. The molecule has 0 aliphatic heterocycles. The van der Waals surface area contributed by atoms with E-state index in [1.54, 1.807) is 12.1 Å². The Labute approximate surface area is 118 Å². The smallest absolute Gasteiger partial charge is 0.296 e. The molecule has 0 unspecified atom stereocenters. The Morgan fingerprint density at radius 2 is 1.40 bits per heavy atom. The van der Waals surface area contributed by atoms with Crippen molar-refractivity contribution in [3.05, 3.63) is 64.7 Å². The van der Waals surface area contributed by atoms with Crippen molar-refractivity contribution < 1.29 is 9.59 Å². The minimum absolute atomic E-state index is 0.402. The fourth-order valence-corrected chi connectivity index (χ4v) is 2.02. The molecule has 0 radical (unpaired) electrons. The third kappa shape index (κ3) is 2.94. The first-order chi connectivity index (χ1) is 9.49. The highest BCUT2D eigenvalue weighted by molar-refractivity contribution is 6.46. The molecule has 1 amide bonds. The third-order valence-electron chi connectivity index (χ3n) is 3.24. The van der Waals surface area contributed by atoms with Gasteiger partial charge in [0.2, 0.25) is 0 Å². The first-order valence-corrected chi connectivity index (χ1v) is 6.47. The lowest BCUT2D eigenvalue weighted by molar-refractivity contribution is -0.112. The highest BCUT2D eigenvalue weighted by atomic mass is 16.2. The number of carbonyl (C=O) groups is 2. The van der Waals surface area contributed by atoms with E-state index in [0.29, 0.717) is 11.3 Å². The Morgan fingerprint density at radius 3 is 1.95 bits per heavy atom. The predicted molar refractivity (Wildman–Crippen MR) is 80.1 cm³/mol. The van der Waals surface area contributed by atoms with Crippen molar-refractivity contribution in [2.45, 2.75) is 20.8 Å². The molecule has 0 aliphatic rings. The molecule has 2 aromatic rings. The molecule has 0 bridgehead atoms. The molecule has 1 N–H and O–H groups in total. The normalized spacial score (nSPS) is 10.2. The van der Waals surface area contributed by atoms with E-state index in [1.165, 1.54) is 0 Å². The van der Waals surface area contributed by atoms with E-state index in [4.69, 9.17) is 0 Å². The summed E-state index contributed by atoms with van der Waals surface area (Å²) in [5.41, 5.74) is 4.04. The maximum absolute atomic E-state index is 12.1. The summed E-state index contributed by atoms with van der Waals surface area (Å²) >= 11 is 0. The summed E-state index contributed by atoms with van der Waals surface area (Å²) in [4.78, 5) is 24.1. The molecule has 2 aromatic carbocycles. The van der Waals surface area contributed by atoms with Crippen LogP contribution in [0.2, 0.25) is 0 Å². The summed E-state index contributed by atoms with van der Waals surface area (Å²) in [7, 11) is 0. The van der Waals surface area contributed by atoms with Gasteiger partial charge in [-0.15, -0.1) is 0 Å². The monoisotopic (exact) mass is 267 g/mol. The van der Waals surface area contributed by atoms with E-state index in [1.807, 2.05) is 51.1 Å². The summed E-state index contributed by atoms with van der Waals surface area (Å²) in [5, 5.41) is 2.70. The molecule has 3 heteroatoms. The lowest BCUT2D eigenvalue weighted by Crippen LogP contribution is -2.23. The fraction of sp³-hybridized carbons (Fsp3) is 0.176. The van der Waals surface area contributed by atoms with Crippen LogP contribution >= 0.6 is 0 Å². The molecule has 0 fully saturated rings. The van der Waals surface area contributed by atoms with Crippen LogP contribution in [-0.2, 0) is 4.79 Å². The highest BCUT2D eigenvalue weighted by Crippen LogP contribution is 2.19. The van der Waals surface area contributed by atoms with Gasteiger partial charge in [-0.3, -0.25) is 9.59 Å². The lowest BCUT2D eigenvalue weighted by Gasteiger charge is -2.10. The molecule has 0 spiro atoms. The second-order valence-electron chi connectivity index (χ2n) is 4.92. The van der Waals surface area contributed by atoms with Gasteiger partial charge in [-0.25, -0.2) is 0 Å². The molecule has 0 aromatic heterocycles. The maximum Gasteiger partial charge on any atom is 0.296 e. The van der Waals surface area contributed by atoms with Crippen molar-refractivity contribution in [3.63, 3.8) is 0 Å². The van der Waals surface area contributed by atoms with Crippen molar-refractivity contribution in [2.75, 3.05) is 5.32 Å². The van der Waals surface area contributed by atoms with Crippen LogP contribution in [0.3, 0.4) is 0 Å². The van der Waals surface area contributed by atoms with Crippen LogP contribution in [0.1, 0.15) is 27.0 Å². The topological polar surface area (TPSA) is 46.2 Å². The van der Waals surface area contributed by atoms with E-state index in [0.717, 1.165) is 16.7 Å². The largest absolute Gasteiger partial charge is 0.319 e. The summed E-state index contributed by atoms with van der Waals surface area (Å²) in [6.45, 7) is 5.74. The van der Waals surface area contributed by atoms with Crippen molar-refractivity contribution in [1.29, 1.82) is 0 Å². The standard InChI is InChI=1S/C17H17NO2/c1-11-7-9-14(10-8-11)16(19)17(20)18-15-12(2)5-4-6-13(15)3/h4-10H,1-3H3,(H,18,20). The number of aryl methyl sites for hydroxylation is 3. The lowest BCUT2D eigenvalue weighted by atomic mass is 10.1. The number of hydrogen-bond donors (Lipinski definition) is 1. The minimum atomic E-state index is -0.605. The Balaban J connectivity index is 2.20. The molecule has 0 saturated carbocycles. The molecule has 2 rings (SSSR count). The zero-order valence-corrected chi connectivity index (χ0v) is 11.9. The number of hydrogen-bond acceptors (Lipinski definition) is 2. The van der Waals surface area contributed by atoms with Gasteiger partial charge in [0.25, 0.3) is 11.7 Å². The zero-order valence-electron chi connectivity index (χ0n) is 11.9. The molecule has 0 heterocycles. The Kier molecular flexibility index (Phi) is 3.99. The van der Waals surface area contributed by atoms with E-state index in [-0.39, 0.29) is 0 Å². The molecule has 3 nitrogen and oxygen atoms in total. The SMILES string of the molecule is Cc1ccc(C(=O)C(=O)Nc2c(C)cccc2C)cc1. The van der Waals surface area contributed by atoms with Gasteiger partial charge < -0.3 is 5.32 Å². The first-order valence-electron chi connectivity index (χ1n) is 6.47. The van der Waals surface area contributed by atoms with Crippen molar-refractivity contribution in [1.82, 2.24) is 0 Å². The van der Waals surface area contributed by atoms with Crippen LogP contribution in [0, 0.1) is 20.8 Å². The average Bonchev–Trinajstić information content (AvgIpc) is 2.43. The van der Waals surface area contributed by atoms with Crippen LogP contribution in [0.4, 0.5) is 5.69 Å². The summed E-state index contributed by atoms with van der Waals surface area (Å²) in [6.07, 6.45) is 0. The third-order valence-corrected chi connectivity index (χ3v) is 3.24. The average molecular weight is 267 g/mol. The van der Waals surface area contributed by atoms with Gasteiger partial charge in [-0.05, 0) is 31.9 Å². The summed E-state index contributed by atoms with van der Waals surface area (Å²) in [5.74, 6) is -1.13. The van der Waals surface area contributed by atoms with Crippen LogP contribution in [-0.4, -0.2) is 11.7 Å². The van der Waals surface area contributed by atoms with Gasteiger partial charge in [-0.1, -0.05) is 48.0 Å². The predicted octanol–water partition coefficient (Wildman–Crippen LogP) is 3.43. The van der Waals surface area contributed by atoms with Crippen molar-refractivity contribution >= 4 is 17.4 Å². The molecule has 0 aliphatic carbocycles. The number of para-hydroxylation sites is 1. The molecular formula is C17H17NO2. The fourth-order valence-electron chi connectivity index (χ4n) is 2.02. The van der Waals surface area contributed by atoms with E-state index in [9.17, 15) is 9.59 Å². The minimum Gasteiger partial charge on any atom is -0.319 e. The van der Waals surface area contributed by atoms with Gasteiger partial charge >= 0.3 is 0 Å². The molecular weight excluding hydrogens is 250 g/mol. The second-order valence-corrected chi connectivity index (χ2v) is 4.92. The molecule has 20 heavy (non-hydrogen) atoms. The van der Waals surface area contributed by atoms with Gasteiger partial charge in [0.1, 0.15) is 0 Å². The maximum atomic E-state index is 12.1. The van der Waals surface area contributed by atoms with Crippen molar-refractivity contribution in [3.8, 4) is 0 Å². The Bertz CT molecular complexity index is 637. The van der Waals surface area contributed by atoms with E-state index in [2.05, 4.69) is 5.32 Å². The second kappa shape index (κ2) is 5.70. The van der Waals surface area contributed by atoms with Gasteiger partial charge in [0.15, 0.2) is 0 Å². The summed E-state index contributed by atoms with van der Waals surface area (Å²) < 4.78 is 0. The van der Waals surface area contributed by atoms with Crippen LogP contribution in [0.5, 0.6) is 0 Å². The number of nitrogens with one attached hydrogen (secondary N) is 1. The number of anilines is 1. The van der Waals surface area contributed by atoms with Crippen LogP contribution < -0.4 is 5.32 Å². The van der Waals surface area contributed by atoms with E-state index < -0.39 is 11.7 Å². The van der Waals surface area contributed by atoms with Crippen molar-refractivity contribution in [2.24, 2.45) is 0 Å². The number of rotatable bonds is 3.